The van der Waals surface area contributed by atoms with Crippen molar-refractivity contribution in [2.45, 2.75) is 18.6 Å². The van der Waals surface area contributed by atoms with E-state index in [0.717, 1.165) is 0 Å². The van der Waals surface area contributed by atoms with Gasteiger partial charge in [-0.3, -0.25) is 9.78 Å². The van der Waals surface area contributed by atoms with E-state index in [1.807, 2.05) is 0 Å². The number of anilines is 1. The lowest BCUT2D eigenvalue weighted by atomic mass is 10.2. The Kier molecular flexibility index (Phi) is 2.86. The zero-order chi connectivity index (χ0) is 10.7. The standard InChI is InChI=1S/C9H11FN4O/c10-6-3-7(13-4-6)9(15)14-8-5-11-1-2-12-8/h1-2,5-7,13H,3-4H2,(H,12,14,15)/t6-,7+/m1/s1. The predicted octanol–water partition coefficient (Wildman–Crippen LogP) is 0.115. The van der Waals surface area contributed by atoms with Gasteiger partial charge in [-0.15, -0.1) is 0 Å². The van der Waals surface area contributed by atoms with E-state index in [0.29, 0.717) is 5.82 Å². The number of nitrogens with zero attached hydrogens (tertiary/aromatic N) is 2. The SMILES string of the molecule is O=C(Nc1cnccn1)[C@@H]1C[C@@H](F)CN1. The third kappa shape index (κ3) is 2.47. The smallest absolute Gasteiger partial charge is 0.242 e. The van der Waals surface area contributed by atoms with Crippen LogP contribution in [-0.2, 0) is 4.79 Å². The van der Waals surface area contributed by atoms with E-state index in [9.17, 15) is 9.18 Å². The van der Waals surface area contributed by atoms with Crippen LogP contribution in [0.4, 0.5) is 10.2 Å². The van der Waals surface area contributed by atoms with E-state index < -0.39 is 12.2 Å². The third-order valence-corrected chi connectivity index (χ3v) is 2.21. The molecule has 2 atom stereocenters. The number of carbonyl (C=O) groups excluding carboxylic acids is 1. The fourth-order valence-electron chi connectivity index (χ4n) is 1.47. The van der Waals surface area contributed by atoms with E-state index in [1.54, 1.807) is 0 Å². The highest BCUT2D eigenvalue weighted by Gasteiger charge is 2.29. The molecule has 1 aromatic rings. The Hall–Kier alpha value is -1.56. The van der Waals surface area contributed by atoms with Crippen molar-refractivity contribution in [1.29, 1.82) is 0 Å². The molecule has 6 heteroatoms. The van der Waals surface area contributed by atoms with Gasteiger partial charge in [0.15, 0.2) is 5.82 Å². The van der Waals surface area contributed by atoms with Gasteiger partial charge < -0.3 is 10.6 Å². The average Bonchev–Trinajstić information content (AvgIpc) is 2.66. The quantitative estimate of drug-likeness (QED) is 0.727. The summed E-state index contributed by atoms with van der Waals surface area (Å²) in [7, 11) is 0. The maximum atomic E-state index is 12.8. The molecule has 0 bridgehead atoms. The molecule has 1 aliphatic heterocycles. The van der Waals surface area contributed by atoms with Crippen molar-refractivity contribution >= 4 is 11.7 Å². The molecular weight excluding hydrogens is 199 g/mol. The molecule has 1 aliphatic rings. The number of halogens is 1. The number of nitrogens with one attached hydrogen (secondary N) is 2. The third-order valence-electron chi connectivity index (χ3n) is 2.21. The van der Waals surface area contributed by atoms with Crippen LogP contribution in [0.3, 0.4) is 0 Å². The highest BCUT2D eigenvalue weighted by atomic mass is 19.1. The second kappa shape index (κ2) is 4.31. The molecule has 0 aliphatic carbocycles. The number of amides is 1. The van der Waals surface area contributed by atoms with Gasteiger partial charge in [-0.25, -0.2) is 9.37 Å². The van der Waals surface area contributed by atoms with Crippen molar-refractivity contribution in [3.8, 4) is 0 Å². The van der Waals surface area contributed by atoms with Gasteiger partial charge in [0.25, 0.3) is 0 Å². The van der Waals surface area contributed by atoms with Gasteiger partial charge in [-0.2, -0.15) is 0 Å². The molecule has 1 fully saturated rings. The van der Waals surface area contributed by atoms with Crippen LogP contribution in [0.5, 0.6) is 0 Å². The Balaban J connectivity index is 1.93. The van der Waals surface area contributed by atoms with Crippen molar-refractivity contribution in [2.75, 3.05) is 11.9 Å². The molecule has 1 aromatic heterocycles. The first-order valence-electron chi connectivity index (χ1n) is 4.70. The minimum atomic E-state index is -0.942. The summed E-state index contributed by atoms with van der Waals surface area (Å²) in [5.74, 6) is 0.113. The van der Waals surface area contributed by atoms with Gasteiger partial charge >= 0.3 is 0 Å². The summed E-state index contributed by atoms with van der Waals surface area (Å²) in [6.45, 7) is 0.235. The maximum Gasteiger partial charge on any atom is 0.242 e. The summed E-state index contributed by atoms with van der Waals surface area (Å²) >= 11 is 0. The first kappa shape index (κ1) is 9.97. The fraction of sp³-hybridized carbons (Fsp3) is 0.444. The number of alkyl halides is 1. The van der Waals surface area contributed by atoms with Crippen molar-refractivity contribution in [2.24, 2.45) is 0 Å². The van der Waals surface area contributed by atoms with E-state index in [4.69, 9.17) is 0 Å². The molecule has 0 aromatic carbocycles. The number of carbonyl (C=O) groups is 1. The molecule has 2 heterocycles. The van der Waals surface area contributed by atoms with Crippen LogP contribution in [0.1, 0.15) is 6.42 Å². The molecule has 0 saturated carbocycles. The second-order valence-corrected chi connectivity index (χ2v) is 3.37. The normalized spacial score (nSPS) is 25.1. The van der Waals surface area contributed by atoms with E-state index in [-0.39, 0.29) is 18.9 Å². The topological polar surface area (TPSA) is 66.9 Å². The van der Waals surface area contributed by atoms with E-state index in [2.05, 4.69) is 20.6 Å². The lowest BCUT2D eigenvalue weighted by molar-refractivity contribution is -0.117. The lowest BCUT2D eigenvalue weighted by Gasteiger charge is -2.09. The van der Waals surface area contributed by atoms with Crippen LogP contribution < -0.4 is 10.6 Å². The number of rotatable bonds is 2. The number of hydrogen-bond acceptors (Lipinski definition) is 4. The van der Waals surface area contributed by atoms with E-state index in [1.165, 1.54) is 18.6 Å². The van der Waals surface area contributed by atoms with Crippen molar-refractivity contribution in [1.82, 2.24) is 15.3 Å². The molecule has 1 saturated heterocycles. The van der Waals surface area contributed by atoms with Crippen molar-refractivity contribution < 1.29 is 9.18 Å². The Morgan fingerprint density at radius 1 is 1.60 bits per heavy atom. The minimum Gasteiger partial charge on any atom is -0.308 e. The highest BCUT2D eigenvalue weighted by Crippen LogP contribution is 2.11. The van der Waals surface area contributed by atoms with Crippen molar-refractivity contribution in [3.63, 3.8) is 0 Å². The second-order valence-electron chi connectivity index (χ2n) is 3.37. The van der Waals surface area contributed by atoms with Gasteiger partial charge in [0.05, 0.1) is 12.2 Å². The van der Waals surface area contributed by atoms with Crippen LogP contribution in [-0.4, -0.2) is 34.6 Å². The largest absolute Gasteiger partial charge is 0.308 e. The molecule has 2 rings (SSSR count). The molecule has 0 unspecified atom stereocenters. The minimum absolute atomic E-state index is 0.214. The van der Waals surface area contributed by atoms with Crippen molar-refractivity contribution in [3.05, 3.63) is 18.6 Å². The molecular formula is C9H11FN4O. The molecule has 2 N–H and O–H groups in total. The molecule has 1 amide bonds. The van der Waals surface area contributed by atoms with Crippen LogP contribution in [0.25, 0.3) is 0 Å². The number of aromatic nitrogens is 2. The number of hydrogen-bond donors (Lipinski definition) is 2. The summed E-state index contributed by atoms with van der Waals surface area (Å²) in [6, 6.07) is -0.470. The van der Waals surface area contributed by atoms with Crippen LogP contribution >= 0.6 is 0 Å². The van der Waals surface area contributed by atoms with Gasteiger partial charge in [0.2, 0.25) is 5.91 Å². The van der Waals surface area contributed by atoms with Gasteiger partial charge in [-0.1, -0.05) is 0 Å². The summed E-state index contributed by atoms with van der Waals surface area (Å²) in [5.41, 5.74) is 0. The van der Waals surface area contributed by atoms with E-state index >= 15 is 0 Å². The lowest BCUT2D eigenvalue weighted by Crippen LogP contribution is -2.35. The fourth-order valence-corrected chi connectivity index (χ4v) is 1.47. The summed E-state index contributed by atoms with van der Waals surface area (Å²) in [4.78, 5) is 19.3. The highest BCUT2D eigenvalue weighted by molar-refractivity contribution is 5.94. The summed E-state index contributed by atoms with van der Waals surface area (Å²) in [5, 5.41) is 5.35. The Morgan fingerprint density at radius 2 is 2.47 bits per heavy atom. The zero-order valence-electron chi connectivity index (χ0n) is 7.98. The molecule has 5 nitrogen and oxygen atoms in total. The first-order chi connectivity index (χ1) is 7.25. The van der Waals surface area contributed by atoms with Gasteiger partial charge in [0, 0.05) is 25.4 Å². The molecule has 15 heavy (non-hydrogen) atoms. The predicted molar refractivity (Wildman–Crippen MR) is 52.0 cm³/mol. The zero-order valence-corrected chi connectivity index (χ0v) is 7.98. The first-order valence-corrected chi connectivity index (χ1v) is 4.70. The van der Waals surface area contributed by atoms with Crippen LogP contribution in [0, 0.1) is 0 Å². The molecule has 0 radical (unpaired) electrons. The maximum absolute atomic E-state index is 12.8. The molecule has 80 valence electrons. The van der Waals surface area contributed by atoms with Gasteiger partial charge in [-0.05, 0) is 0 Å². The van der Waals surface area contributed by atoms with Gasteiger partial charge in [0.1, 0.15) is 6.17 Å². The van der Waals surface area contributed by atoms with Crippen LogP contribution in [0.2, 0.25) is 0 Å². The summed E-state index contributed by atoms with van der Waals surface area (Å²) in [6.07, 6.45) is 3.71. The Bertz CT molecular complexity index is 345. The Labute approximate surface area is 86.1 Å². The Morgan fingerprint density at radius 3 is 3.07 bits per heavy atom. The molecule has 0 spiro atoms. The average molecular weight is 210 g/mol. The summed E-state index contributed by atoms with van der Waals surface area (Å²) < 4.78 is 12.8. The van der Waals surface area contributed by atoms with Crippen LogP contribution in [0.15, 0.2) is 18.6 Å². The monoisotopic (exact) mass is 210 g/mol.